The van der Waals surface area contributed by atoms with Gasteiger partial charge in [0, 0.05) is 26.5 Å². The van der Waals surface area contributed by atoms with Crippen LogP contribution in [0.4, 0.5) is 17.1 Å². The first-order chi connectivity index (χ1) is 18.9. The van der Waals surface area contributed by atoms with Crippen molar-refractivity contribution in [2.45, 2.75) is 0 Å². The van der Waals surface area contributed by atoms with Crippen LogP contribution in [-0.4, -0.2) is 0 Å². The number of rotatable bonds is 3. The third kappa shape index (κ3) is 3.17. The van der Waals surface area contributed by atoms with Gasteiger partial charge < -0.3 is 4.90 Å². The summed E-state index contributed by atoms with van der Waals surface area (Å²) in [5, 5.41) is 10.3. The van der Waals surface area contributed by atoms with Crippen molar-refractivity contribution in [2.75, 3.05) is 4.90 Å². The lowest BCUT2D eigenvalue weighted by molar-refractivity contribution is 1.32. The fraction of sp³-hybridized carbons (Fsp3) is 0. The van der Waals surface area contributed by atoms with E-state index in [1.54, 1.807) is 0 Å². The van der Waals surface area contributed by atoms with E-state index in [1.807, 2.05) is 11.3 Å². The highest BCUT2D eigenvalue weighted by Crippen LogP contribution is 2.47. The number of thiophene rings is 1. The Balaban J connectivity index is 1.50. The van der Waals surface area contributed by atoms with Gasteiger partial charge in [0.05, 0.1) is 16.1 Å². The van der Waals surface area contributed by atoms with Crippen LogP contribution in [0.1, 0.15) is 0 Å². The second kappa shape index (κ2) is 8.44. The molecule has 0 radical (unpaired) electrons. The second-order valence-corrected chi connectivity index (χ2v) is 10.8. The largest absolute Gasteiger partial charge is 0.308 e. The predicted molar refractivity (Wildman–Crippen MR) is 167 cm³/mol. The van der Waals surface area contributed by atoms with Crippen LogP contribution in [0, 0.1) is 0 Å². The Labute approximate surface area is 224 Å². The maximum atomic E-state index is 2.45. The molecule has 0 aliphatic carbocycles. The second-order valence-electron chi connectivity index (χ2n) is 9.75. The standard InChI is InChI=1S/C36H23NS/c1-2-12-26(13-3-1)37(33-18-9-16-31-29-15-6-7-19-34(29)38-36(31)33)32-17-8-11-25-21-22-28-27-14-5-4-10-24(27)20-23-30(28)35(25)32/h1-23H. The van der Waals surface area contributed by atoms with Gasteiger partial charge in [-0.15, -0.1) is 11.3 Å². The Hall–Kier alpha value is -4.66. The van der Waals surface area contributed by atoms with Gasteiger partial charge in [0.25, 0.3) is 0 Å². The molecule has 0 spiro atoms. The summed E-state index contributed by atoms with van der Waals surface area (Å²) in [5.74, 6) is 0. The van der Waals surface area contributed by atoms with Crippen LogP contribution in [0.2, 0.25) is 0 Å². The maximum absolute atomic E-state index is 2.45. The molecule has 7 aromatic carbocycles. The van der Waals surface area contributed by atoms with Gasteiger partial charge in [-0.1, -0.05) is 109 Å². The molecular weight excluding hydrogens is 478 g/mol. The monoisotopic (exact) mass is 501 g/mol. The first kappa shape index (κ1) is 21.4. The Bertz CT molecular complexity index is 2140. The molecule has 0 amide bonds. The number of nitrogens with zero attached hydrogens (tertiary/aromatic N) is 1. The van der Waals surface area contributed by atoms with E-state index in [4.69, 9.17) is 0 Å². The quantitative estimate of drug-likeness (QED) is 0.218. The molecule has 0 N–H and O–H groups in total. The summed E-state index contributed by atoms with van der Waals surface area (Å²) in [6.07, 6.45) is 0. The van der Waals surface area contributed by atoms with Crippen molar-refractivity contribution in [2.24, 2.45) is 0 Å². The summed E-state index contributed by atoms with van der Waals surface area (Å²) < 4.78 is 2.62. The van der Waals surface area contributed by atoms with Crippen LogP contribution in [0.5, 0.6) is 0 Å². The van der Waals surface area contributed by atoms with E-state index in [0.29, 0.717) is 0 Å². The number of hydrogen-bond acceptors (Lipinski definition) is 2. The van der Waals surface area contributed by atoms with E-state index < -0.39 is 0 Å². The molecule has 0 atom stereocenters. The van der Waals surface area contributed by atoms with Gasteiger partial charge in [0.15, 0.2) is 0 Å². The molecule has 1 heterocycles. The normalized spacial score (nSPS) is 11.7. The molecule has 2 heteroatoms. The lowest BCUT2D eigenvalue weighted by Crippen LogP contribution is -2.10. The van der Waals surface area contributed by atoms with Crippen LogP contribution in [0.15, 0.2) is 140 Å². The van der Waals surface area contributed by atoms with Crippen molar-refractivity contribution in [1.29, 1.82) is 0 Å². The smallest absolute Gasteiger partial charge is 0.0640 e. The summed E-state index contributed by atoms with van der Waals surface area (Å²) in [4.78, 5) is 2.45. The number of benzene rings is 7. The summed E-state index contributed by atoms with van der Waals surface area (Å²) in [6, 6.07) is 50.7. The molecule has 0 bridgehead atoms. The molecule has 0 saturated heterocycles. The first-order valence-electron chi connectivity index (χ1n) is 13.0. The molecule has 38 heavy (non-hydrogen) atoms. The zero-order chi connectivity index (χ0) is 25.1. The van der Waals surface area contributed by atoms with E-state index in [0.717, 1.165) is 5.69 Å². The number of para-hydroxylation sites is 1. The Morgan fingerprint density at radius 3 is 1.97 bits per heavy atom. The highest BCUT2D eigenvalue weighted by atomic mass is 32.1. The summed E-state index contributed by atoms with van der Waals surface area (Å²) in [7, 11) is 0. The van der Waals surface area contributed by atoms with Crippen LogP contribution in [-0.2, 0) is 0 Å². The van der Waals surface area contributed by atoms with E-state index in [-0.39, 0.29) is 0 Å². The van der Waals surface area contributed by atoms with Gasteiger partial charge in [-0.3, -0.25) is 0 Å². The summed E-state index contributed by atoms with van der Waals surface area (Å²) in [6.45, 7) is 0. The molecule has 8 rings (SSSR count). The highest BCUT2D eigenvalue weighted by Gasteiger charge is 2.20. The molecule has 1 aromatic heterocycles. The minimum Gasteiger partial charge on any atom is -0.308 e. The van der Waals surface area contributed by atoms with E-state index >= 15 is 0 Å². The van der Waals surface area contributed by atoms with Crippen molar-refractivity contribution >= 4 is 80.9 Å². The fourth-order valence-electron chi connectivity index (χ4n) is 5.94. The molecule has 178 valence electrons. The van der Waals surface area contributed by atoms with Gasteiger partial charge >= 0.3 is 0 Å². The molecule has 0 saturated carbocycles. The maximum Gasteiger partial charge on any atom is 0.0640 e. The van der Waals surface area contributed by atoms with Gasteiger partial charge in [0.2, 0.25) is 0 Å². The first-order valence-corrected chi connectivity index (χ1v) is 13.8. The molecule has 1 nitrogen and oxygen atoms in total. The molecule has 0 fully saturated rings. The summed E-state index contributed by atoms with van der Waals surface area (Å²) in [5.41, 5.74) is 3.56. The highest BCUT2D eigenvalue weighted by molar-refractivity contribution is 7.26. The molecule has 0 aliphatic heterocycles. The number of hydrogen-bond donors (Lipinski definition) is 0. The third-order valence-corrected chi connectivity index (χ3v) is 8.83. The molecule has 0 aliphatic rings. The van der Waals surface area contributed by atoms with Crippen LogP contribution in [0.25, 0.3) is 52.5 Å². The zero-order valence-electron chi connectivity index (χ0n) is 20.6. The van der Waals surface area contributed by atoms with Gasteiger partial charge in [-0.25, -0.2) is 0 Å². The lowest BCUT2D eigenvalue weighted by atomic mass is 9.95. The average molecular weight is 502 g/mol. The third-order valence-electron chi connectivity index (χ3n) is 7.62. The van der Waals surface area contributed by atoms with Crippen LogP contribution >= 0.6 is 11.3 Å². The van der Waals surface area contributed by atoms with E-state index in [1.165, 1.54) is 63.9 Å². The number of anilines is 3. The lowest BCUT2D eigenvalue weighted by Gasteiger charge is -2.28. The SMILES string of the molecule is c1ccc(N(c2cccc3c2sc2ccccc23)c2cccc3ccc4c5ccccc5ccc4c23)cc1. The van der Waals surface area contributed by atoms with Crippen molar-refractivity contribution in [1.82, 2.24) is 0 Å². The fourth-order valence-corrected chi connectivity index (χ4v) is 7.14. The van der Waals surface area contributed by atoms with Crippen LogP contribution < -0.4 is 4.90 Å². The Morgan fingerprint density at radius 1 is 0.395 bits per heavy atom. The Kier molecular flexibility index (Phi) is 4.76. The van der Waals surface area contributed by atoms with Gasteiger partial charge in [-0.2, -0.15) is 0 Å². The molecule has 0 unspecified atom stereocenters. The van der Waals surface area contributed by atoms with Gasteiger partial charge in [0.1, 0.15) is 0 Å². The molecule has 8 aromatic rings. The van der Waals surface area contributed by atoms with Crippen molar-refractivity contribution in [3.63, 3.8) is 0 Å². The minimum atomic E-state index is 1.16. The van der Waals surface area contributed by atoms with E-state index in [9.17, 15) is 0 Å². The topological polar surface area (TPSA) is 3.24 Å². The Morgan fingerprint density at radius 2 is 1.05 bits per heavy atom. The van der Waals surface area contributed by atoms with E-state index in [2.05, 4.69) is 144 Å². The summed E-state index contributed by atoms with van der Waals surface area (Å²) >= 11 is 1.88. The van der Waals surface area contributed by atoms with Crippen molar-refractivity contribution in [3.05, 3.63) is 140 Å². The zero-order valence-corrected chi connectivity index (χ0v) is 21.5. The molecular formula is C36H23NS. The average Bonchev–Trinajstić information content (AvgIpc) is 3.37. The number of fused-ring (bicyclic) bond motifs is 8. The van der Waals surface area contributed by atoms with Crippen molar-refractivity contribution in [3.8, 4) is 0 Å². The predicted octanol–water partition coefficient (Wildman–Crippen LogP) is 11.0. The van der Waals surface area contributed by atoms with Crippen molar-refractivity contribution < 1.29 is 0 Å². The van der Waals surface area contributed by atoms with Gasteiger partial charge in [-0.05, 0) is 57.3 Å². The van der Waals surface area contributed by atoms with Crippen LogP contribution in [0.3, 0.4) is 0 Å². The minimum absolute atomic E-state index is 1.16.